The van der Waals surface area contributed by atoms with Crippen molar-refractivity contribution in [1.29, 1.82) is 0 Å². The minimum atomic E-state index is -3.89. The maximum absolute atomic E-state index is 12.4. The Balaban J connectivity index is 1.79. The van der Waals surface area contributed by atoms with Crippen molar-refractivity contribution in [3.05, 3.63) is 47.8 Å². The van der Waals surface area contributed by atoms with Crippen LogP contribution in [0.2, 0.25) is 0 Å². The van der Waals surface area contributed by atoms with E-state index in [4.69, 9.17) is 0 Å². The molecule has 23 heavy (non-hydrogen) atoms. The van der Waals surface area contributed by atoms with E-state index >= 15 is 0 Å². The smallest absolute Gasteiger partial charge is 0.268 e. The Labute approximate surface area is 135 Å². The molecule has 0 spiro atoms. The van der Waals surface area contributed by atoms with Gasteiger partial charge in [0.2, 0.25) is 0 Å². The fourth-order valence-electron chi connectivity index (χ4n) is 2.60. The van der Waals surface area contributed by atoms with Gasteiger partial charge in [-0.2, -0.15) is 5.10 Å². The van der Waals surface area contributed by atoms with Crippen molar-refractivity contribution in [3.63, 3.8) is 0 Å². The number of carbonyl (C=O) groups excluding carboxylic acids is 1. The van der Waals surface area contributed by atoms with Crippen molar-refractivity contribution in [3.8, 4) is 0 Å². The third-order valence-electron chi connectivity index (χ3n) is 4.18. The van der Waals surface area contributed by atoms with Crippen molar-refractivity contribution in [2.45, 2.75) is 43.5 Å². The monoisotopic (exact) mass is 333 g/mol. The van der Waals surface area contributed by atoms with Crippen LogP contribution >= 0.6 is 0 Å². The molecule has 1 heterocycles. The molecule has 1 N–H and O–H groups in total. The van der Waals surface area contributed by atoms with Crippen LogP contribution in [0, 0.1) is 0 Å². The molecule has 1 aromatic carbocycles. The number of hydrogen-bond acceptors (Lipinski definition) is 4. The lowest BCUT2D eigenvalue weighted by Crippen LogP contribution is -2.31. The Kier molecular flexibility index (Phi) is 4.21. The summed E-state index contributed by atoms with van der Waals surface area (Å²) < 4.78 is 28.8. The molecule has 0 radical (unpaired) electrons. The quantitative estimate of drug-likeness (QED) is 0.910. The third-order valence-corrected chi connectivity index (χ3v) is 5.61. The predicted molar refractivity (Wildman–Crippen MR) is 85.6 cm³/mol. The molecule has 1 aromatic heterocycles. The van der Waals surface area contributed by atoms with Gasteiger partial charge in [-0.05, 0) is 37.3 Å². The van der Waals surface area contributed by atoms with Gasteiger partial charge in [-0.3, -0.25) is 9.48 Å². The maximum Gasteiger partial charge on any atom is 0.268 e. The van der Waals surface area contributed by atoms with Crippen LogP contribution in [0.5, 0.6) is 0 Å². The second kappa shape index (κ2) is 6.16. The molecule has 7 heteroatoms. The molecule has 0 bridgehead atoms. The standard InChI is InChI=1S/C16H19N3O3S/c1-2-12-6-3-4-9-15(12)23(21,22)18-16(20)13-10-17-19(11-13)14-7-5-8-14/h3-4,6,9-11,14H,2,5,7-8H2,1H3,(H,18,20). The van der Waals surface area contributed by atoms with Gasteiger partial charge in [0, 0.05) is 6.20 Å². The fourth-order valence-corrected chi connectivity index (χ4v) is 3.89. The van der Waals surface area contributed by atoms with Crippen molar-refractivity contribution >= 4 is 15.9 Å². The molecule has 122 valence electrons. The molecule has 1 fully saturated rings. The number of amides is 1. The van der Waals surface area contributed by atoms with Crippen LogP contribution in [-0.4, -0.2) is 24.1 Å². The number of nitrogens with one attached hydrogen (secondary N) is 1. The molecule has 0 unspecified atom stereocenters. The minimum Gasteiger partial charge on any atom is -0.269 e. The summed E-state index contributed by atoms with van der Waals surface area (Å²) in [7, 11) is -3.89. The van der Waals surface area contributed by atoms with Gasteiger partial charge in [-0.25, -0.2) is 13.1 Å². The van der Waals surface area contributed by atoms with Gasteiger partial charge in [0.25, 0.3) is 15.9 Å². The molecule has 0 aliphatic heterocycles. The summed E-state index contributed by atoms with van der Waals surface area (Å²) in [6.07, 6.45) is 6.85. The summed E-state index contributed by atoms with van der Waals surface area (Å²) in [6.45, 7) is 1.87. The third kappa shape index (κ3) is 3.14. The molecular weight excluding hydrogens is 314 g/mol. The lowest BCUT2D eigenvalue weighted by atomic mass is 9.93. The van der Waals surface area contributed by atoms with Gasteiger partial charge in [0.1, 0.15) is 0 Å². The van der Waals surface area contributed by atoms with Gasteiger partial charge in [-0.15, -0.1) is 0 Å². The summed E-state index contributed by atoms with van der Waals surface area (Å²) >= 11 is 0. The van der Waals surface area contributed by atoms with E-state index in [9.17, 15) is 13.2 Å². The first-order valence-electron chi connectivity index (χ1n) is 7.70. The molecule has 1 aliphatic carbocycles. The summed E-state index contributed by atoms with van der Waals surface area (Å²) in [6, 6.07) is 7.00. The average Bonchev–Trinajstić information content (AvgIpc) is 2.94. The highest BCUT2D eigenvalue weighted by Gasteiger charge is 2.24. The molecule has 2 aromatic rings. The van der Waals surface area contributed by atoms with Crippen molar-refractivity contribution in [2.24, 2.45) is 0 Å². The van der Waals surface area contributed by atoms with E-state index in [2.05, 4.69) is 9.82 Å². The zero-order chi connectivity index (χ0) is 16.4. The zero-order valence-corrected chi connectivity index (χ0v) is 13.7. The summed E-state index contributed by atoms with van der Waals surface area (Å²) in [5.74, 6) is -0.651. The van der Waals surface area contributed by atoms with E-state index in [-0.39, 0.29) is 10.5 Å². The second-order valence-electron chi connectivity index (χ2n) is 5.69. The van der Waals surface area contributed by atoms with Crippen LogP contribution in [0.1, 0.15) is 48.1 Å². The van der Waals surface area contributed by atoms with Crippen LogP contribution in [0.3, 0.4) is 0 Å². The predicted octanol–water partition coefficient (Wildman–Crippen LogP) is 2.29. The number of rotatable bonds is 5. The van der Waals surface area contributed by atoms with Crippen molar-refractivity contribution < 1.29 is 13.2 Å². The summed E-state index contributed by atoms with van der Waals surface area (Å²) in [4.78, 5) is 12.4. The lowest BCUT2D eigenvalue weighted by Gasteiger charge is -2.25. The van der Waals surface area contributed by atoms with E-state index in [1.165, 1.54) is 12.3 Å². The second-order valence-corrected chi connectivity index (χ2v) is 7.34. The largest absolute Gasteiger partial charge is 0.269 e. The Morgan fingerprint density at radius 3 is 2.74 bits per heavy atom. The van der Waals surface area contributed by atoms with Gasteiger partial charge in [0.05, 0.1) is 22.7 Å². The van der Waals surface area contributed by atoms with Gasteiger partial charge >= 0.3 is 0 Å². The lowest BCUT2D eigenvalue weighted by molar-refractivity contribution is 0.0981. The van der Waals surface area contributed by atoms with E-state index in [1.54, 1.807) is 29.1 Å². The van der Waals surface area contributed by atoms with Gasteiger partial charge in [0.15, 0.2) is 0 Å². The molecule has 6 nitrogen and oxygen atoms in total. The van der Waals surface area contributed by atoms with Crippen molar-refractivity contribution in [2.75, 3.05) is 0 Å². The number of nitrogens with zero attached hydrogens (tertiary/aromatic N) is 2. The number of aryl methyl sites for hydroxylation is 1. The SMILES string of the molecule is CCc1ccccc1S(=O)(=O)NC(=O)c1cnn(C2CCC2)c1. The number of benzene rings is 1. The first kappa shape index (κ1) is 15.7. The van der Waals surface area contributed by atoms with E-state index in [1.807, 2.05) is 6.92 Å². The molecule has 0 atom stereocenters. The van der Waals surface area contributed by atoms with Gasteiger partial charge < -0.3 is 0 Å². The average molecular weight is 333 g/mol. The van der Waals surface area contributed by atoms with E-state index in [0.29, 0.717) is 18.0 Å². The van der Waals surface area contributed by atoms with E-state index in [0.717, 1.165) is 19.3 Å². The molecule has 0 saturated heterocycles. The Morgan fingerprint density at radius 1 is 1.35 bits per heavy atom. The van der Waals surface area contributed by atoms with Crippen LogP contribution < -0.4 is 4.72 Å². The summed E-state index contributed by atoms with van der Waals surface area (Å²) in [5.41, 5.74) is 0.937. The Hall–Kier alpha value is -2.15. The highest BCUT2D eigenvalue weighted by Crippen LogP contribution is 2.30. The number of sulfonamides is 1. The van der Waals surface area contributed by atoms with Crippen LogP contribution in [0.4, 0.5) is 0 Å². The number of aromatic nitrogens is 2. The molecule has 1 saturated carbocycles. The Bertz CT molecular complexity index is 823. The van der Waals surface area contributed by atoms with Gasteiger partial charge in [-0.1, -0.05) is 25.1 Å². The normalized spacial score (nSPS) is 15.2. The highest BCUT2D eigenvalue weighted by molar-refractivity contribution is 7.90. The minimum absolute atomic E-state index is 0.141. The van der Waals surface area contributed by atoms with Crippen molar-refractivity contribution in [1.82, 2.24) is 14.5 Å². The Morgan fingerprint density at radius 2 is 2.09 bits per heavy atom. The first-order chi connectivity index (χ1) is 11.0. The van der Waals surface area contributed by atoms with E-state index < -0.39 is 15.9 Å². The molecule has 1 amide bonds. The topological polar surface area (TPSA) is 81.1 Å². The highest BCUT2D eigenvalue weighted by atomic mass is 32.2. The van der Waals surface area contributed by atoms with Crippen LogP contribution in [-0.2, 0) is 16.4 Å². The molecule has 1 aliphatic rings. The zero-order valence-electron chi connectivity index (χ0n) is 12.9. The molecule has 3 rings (SSSR count). The van der Waals surface area contributed by atoms with Crippen LogP contribution in [0.15, 0.2) is 41.6 Å². The maximum atomic E-state index is 12.4. The molecular formula is C16H19N3O3S. The fraction of sp³-hybridized carbons (Fsp3) is 0.375. The summed E-state index contributed by atoms with van der Waals surface area (Å²) in [5, 5.41) is 4.16. The number of carbonyl (C=O) groups is 1. The van der Waals surface area contributed by atoms with Crippen LogP contribution in [0.25, 0.3) is 0 Å². The number of hydrogen-bond donors (Lipinski definition) is 1. The first-order valence-corrected chi connectivity index (χ1v) is 9.19.